The molecule has 1 aliphatic heterocycles. The molecule has 1 saturated heterocycles. The Hall–Kier alpha value is -2.90. The largest absolute Gasteiger partial charge is 0.347 e. The first-order chi connectivity index (χ1) is 12.9. The maximum absolute atomic E-state index is 12.5. The molecule has 144 valence electrons. The van der Waals surface area contributed by atoms with Gasteiger partial charge < -0.3 is 20.1 Å². The van der Waals surface area contributed by atoms with Crippen molar-refractivity contribution in [1.82, 2.24) is 20.4 Å². The number of rotatable bonds is 4. The number of piperidine rings is 1. The molecule has 2 aromatic rings. The number of anilines is 1. The molecule has 0 atom stereocenters. The van der Waals surface area contributed by atoms with Crippen LogP contribution in [0.1, 0.15) is 35.7 Å². The van der Waals surface area contributed by atoms with Crippen LogP contribution in [0.3, 0.4) is 0 Å². The van der Waals surface area contributed by atoms with Gasteiger partial charge in [0.15, 0.2) is 5.82 Å². The zero-order valence-electron chi connectivity index (χ0n) is 15.9. The van der Waals surface area contributed by atoms with Crippen LogP contribution in [0.4, 0.5) is 10.5 Å². The summed E-state index contributed by atoms with van der Waals surface area (Å²) in [5.41, 5.74) is 3.02. The summed E-state index contributed by atoms with van der Waals surface area (Å²) in [5.74, 6) is 0.785. The van der Waals surface area contributed by atoms with E-state index in [1.54, 1.807) is 11.8 Å². The lowest BCUT2D eigenvalue weighted by Gasteiger charge is -2.31. The Balaban J connectivity index is 1.46. The van der Waals surface area contributed by atoms with E-state index >= 15 is 0 Å². The van der Waals surface area contributed by atoms with Crippen molar-refractivity contribution >= 4 is 17.6 Å². The Bertz CT molecular complexity index is 804. The number of benzene rings is 1. The lowest BCUT2D eigenvalue weighted by molar-refractivity contribution is -0.126. The summed E-state index contributed by atoms with van der Waals surface area (Å²) in [6.07, 6.45) is 1.27. The number of aromatic nitrogens is 2. The fourth-order valence-corrected chi connectivity index (χ4v) is 3.31. The molecule has 1 fully saturated rings. The molecule has 3 amide bonds. The Morgan fingerprint density at radius 2 is 1.81 bits per heavy atom. The minimum atomic E-state index is -0.125. The zero-order valence-corrected chi connectivity index (χ0v) is 15.9. The van der Waals surface area contributed by atoms with Crippen molar-refractivity contribution in [2.75, 3.05) is 18.4 Å². The van der Waals surface area contributed by atoms with Gasteiger partial charge in [-0.25, -0.2) is 4.79 Å². The fourth-order valence-electron chi connectivity index (χ4n) is 3.31. The minimum Gasteiger partial charge on any atom is -0.347 e. The third kappa shape index (κ3) is 5.06. The molecule has 8 nitrogen and oxygen atoms in total. The monoisotopic (exact) mass is 371 g/mol. The van der Waals surface area contributed by atoms with Crippen LogP contribution < -0.4 is 10.6 Å². The summed E-state index contributed by atoms with van der Waals surface area (Å²) < 4.78 is 4.99. The summed E-state index contributed by atoms with van der Waals surface area (Å²) in [4.78, 5) is 30.6. The quantitative estimate of drug-likeness (QED) is 0.860. The average Bonchev–Trinajstić information content (AvgIpc) is 3.04. The number of carbonyl (C=O) groups is 2. The van der Waals surface area contributed by atoms with E-state index in [-0.39, 0.29) is 24.4 Å². The van der Waals surface area contributed by atoms with E-state index in [9.17, 15) is 9.59 Å². The number of carbonyl (C=O) groups excluding carboxylic acids is 2. The van der Waals surface area contributed by atoms with E-state index in [0.29, 0.717) is 37.6 Å². The highest BCUT2D eigenvalue weighted by molar-refractivity contribution is 5.89. The van der Waals surface area contributed by atoms with Gasteiger partial charge in [0.1, 0.15) is 0 Å². The molecular weight excluding hydrogens is 346 g/mol. The minimum absolute atomic E-state index is 0.0415. The number of hydrogen-bond acceptors (Lipinski definition) is 5. The fraction of sp³-hybridized carbons (Fsp3) is 0.474. The number of amides is 3. The van der Waals surface area contributed by atoms with Gasteiger partial charge in [-0.2, -0.15) is 4.98 Å². The van der Waals surface area contributed by atoms with Crippen LogP contribution in [-0.4, -0.2) is 40.1 Å². The summed E-state index contributed by atoms with van der Waals surface area (Å²) in [6.45, 7) is 7.06. The van der Waals surface area contributed by atoms with Gasteiger partial charge in [-0.15, -0.1) is 0 Å². The maximum Gasteiger partial charge on any atom is 0.321 e. The van der Waals surface area contributed by atoms with E-state index in [4.69, 9.17) is 4.52 Å². The Kier molecular flexibility index (Phi) is 5.73. The Labute approximate surface area is 158 Å². The van der Waals surface area contributed by atoms with Crippen molar-refractivity contribution in [3.63, 3.8) is 0 Å². The third-order valence-corrected chi connectivity index (χ3v) is 4.61. The second kappa shape index (κ2) is 8.20. The maximum atomic E-state index is 12.5. The van der Waals surface area contributed by atoms with Gasteiger partial charge in [-0.1, -0.05) is 11.2 Å². The van der Waals surface area contributed by atoms with Crippen molar-refractivity contribution in [2.45, 2.75) is 40.2 Å². The molecule has 8 heteroatoms. The summed E-state index contributed by atoms with van der Waals surface area (Å²) in [5, 5.41) is 9.46. The van der Waals surface area contributed by atoms with Gasteiger partial charge in [0.2, 0.25) is 11.8 Å². The smallest absolute Gasteiger partial charge is 0.321 e. The van der Waals surface area contributed by atoms with Gasteiger partial charge in [-0.3, -0.25) is 4.79 Å². The van der Waals surface area contributed by atoms with Crippen LogP contribution in [0.25, 0.3) is 0 Å². The second-order valence-corrected chi connectivity index (χ2v) is 7.02. The summed E-state index contributed by atoms with van der Waals surface area (Å²) in [6, 6.07) is 5.84. The molecule has 2 heterocycles. The van der Waals surface area contributed by atoms with E-state index in [2.05, 4.69) is 26.8 Å². The molecule has 2 N–H and O–H groups in total. The standard InChI is InChI=1S/C19H25N5O3/c1-12-8-13(2)10-16(9-12)22-19(26)24-6-4-15(5-7-24)18(25)20-11-17-21-14(3)23-27-17/h8-10,15H,4-7,11H2,1-3H3,(H,20,25)(H,22,26). The number of nitrogens with one attached hydrogen (secondary N) is 2. The molecule has 0 saturated carbocycles. The topological polar surface area (TPSA) is 100 Å². The number of nitrogens with zero attached hydrogens (tertiary/aromatic N) is 3. The van der Waals surface area contributed by atoms with Crippen LogP contribution in [-0.2, 0) is 11.3 Å². The van der Waals surface area contributed by atoms with Crippen molar-refractivity contribution in [3.8, 4) is 0 Å². The third-order valence-electron chi connectivity index (χ3n) is 4.61. The number of aryl methyl sites for hydroxylation is 3. The number of urea groups is 1. The molecule has 27 heavy (non-hydrogen) atoms. The van der Waals surface area contributed by atoms with Crippen LogP contribution in [0.5, 0.6) is 0 Å². The lowest BCUT2D eigenvalue weighted by atomic mass is 9.96. The molecule has 1 aromatic heterocycles. The molecule has 1 aliphatic rings. The molecule has 0 unspecified atom stereocenters. The summed E-state index contributed by atoms with van der Waals surface area (Å²) in [7, 11) is 0. The molecule has 3 rings (SSSR count). The first-order valence-electron chi connectivity index (χ1n) is 9.12. The highest BCUT2D eigenvalue weighted by Gasteiger charge is 2.27. The SMILES string of the molecule is Cc1cc(C)cc(NC(=O)N2CCC(C(=O)NCc3nc(C)no3)CC2)c1. The Morgan fingerprint density at radius 1 is 1.15 bits per heavy atom. The second-order valence-electron chi connectivity index (χ2n) is 7.02. The highest BCUT2D eigenvalue weighted by atomic mass is 16.5. The predicted molar refractivity (Wildman–Crippen MR) is 100 cm³/mol. The van der Waals surface area contributed by atoms with Gasteiger partial charge in [0, 0.05) is 24.7 Å². The normalized spacial score (nSPS) is 14.9. The first kappa shape index (κ1) is 18.9. The van der Waals surface area contributed by atoms with E-state index in [1.165, 1.54) is 0 Å². The zero-order chi connectivity index (χ0) is 19.4. The Morgan fingerprint density at radius 3 is 2.41 bits per heavy atom. The molecule has 0 radical (unpaired) electrons. The molecular formula is C19H25N5O3. The van der Waals surface area contributed by atoms with E-state index < -0.39 is 0 Å². The van der Waals surface area contributed by atoms with Crippen molar-refractivity contribution in [2.24, 2.45) is 5.92 Å². The highest BCUT2D eigenvalue weighted by Crippen LogP contribution is 2.20. The van der Waals surface area contributed by atoms with Crippen LogP contribution in [0, 0.1) is 26.7 Å². The predicted octanol–water partition coefficient (Wildman–Crippen LogP) is 2.56. The van der Waals surface area contributed by atoms with Gasteiger partial charge in [0.05, 0.1) is 6.54 Å². The van der Waals surface area contributed by atoms with Crippen LogP contribution >= 0.6 is 0 Å². The van der Waals surface area contributed by atoms with Crippen molar-refractivity contribution < 1.29 is 14.1 Å². The molecule has 1 aromatic carbocycles. The van der Waals surface area contributed by atoms with Crippen LogP contribution in [0.2, 0.25) is 0 Å². The summed E-state index contributed by atoms with van der Waals surface area (Å²) >= 11 is 0. The van der Waals surface area contributed by atoms with Crippen molar-refractivity contribution in [1.29, 1.82) is 0 Å². The molecule has 0 bridgehead atoms. The van der Waals surface area contributed by atoms with Crippen molar-refractivity contribution in [3.05, 3.63) is 41.0 Å². The van der Waals surface area contributed by atoms with Gasteiger partial charge in [-0.05, 0) is 56.9 Å². The molecule has 0 spiro atoms. The first-order valence-corrected chi connectivity index (χ1v) is 9.12. The molecule has 0 aliphatic carbocycles. The van der Waals surface area contributed by atoms with Gasteiger partial charge >= 0.3 is 6.03 Å². The van der Waals surface area contributed by atoms with Crippen LogP contribution in [0.15, 0.2) is 22.7 Å². The van der Waals surface area contributed by atoms with E-state index in [1.807, 2.05) is 26.0 Å². The van der Waals surface area contributed by atoms with E-state index in [0.717, 1.165) is 16.8 Å². The number of likely N-dealkylation sites (tertiary alicyclic amines) is 1. The average molecular weight is 371 g/mol. The lowest BCUT2D eigenvalue weighted by Crippen LogP contribution is -2.44. The number of hydrogen-bond donors (Lipinski definition) is 2. The van der Waals surface area contributed by atoms with Gasteiger partial charge in [0.25, 0.3) is 0 Å².